The first-order chi connectivity index (χ1) is 8.15. The van der Waals surface area contributed by atoms with E-state index in [1.165, 1.54) is 25.7 Å². The average Bonchev–Trinajstić information content (AvgIpc) is 2.82. The predicted octanol–water partition coefficient (Wildman–Crippen LogP) is 2.46. The lowest BCUT2D eigenvalue weighted by Crippen LogP contribution is -2.47. The zero-order valence-electron chi connectivity index (χ0n) is 11.6. The van der Waals surface area contributed by atoms with Gasteiger partial charge < -0.3 is 10.6 Å². The van der Waals surface area contributed by atoms with E-state index < -0.39 is 0 Å². The molecule has 1 rings (SSSR count). The number of nitrogens with one attached hydrogen (secondary N) is 2. The van der Waals surface area contributed by atoms with E-state index in [1.807, 2.05) is 6.92 Å². The minimum Gasteiger partial charge on any atom is -0.355 e. The van der Waals surface area contributed by atoms with Crippen LogP contribution in [0.3, 0.4) is 0 Å². The topological polar surface area (TPSA) is 41.1 Å². The van der Waals surface area contributed by atoms with E-state index in [1.54, 1.807) is 0 Å². The largest absolute Gasteiger partial charge is 0.355 e. The number of carbonyl (C=O) groups excluding carboxylic acids is 1. The van der Waals surface area contributed by atoms with Gasteiger partial charge in [-0.1, -0.05) is 26.2 Å². The molecule has 2 N–H and O–H groups in total. The maximum absolute atomic E-state index is 11.8. The molecule has 3 heteroatoms. The molecule has 1 fully saturated rings. The van der Waals surface area contributed by atoms with Crippen molar-refractivity contribution in [2.24, 2.45) is 5.92 Å². The van der Waals surface area contributed by atoms with E-state index in [-0.39, 0.29) is 11.9 Å². The molecular weight excluding hydrogens is 212 g/mol. The lowest BCUT2D eigenvalue weighted by molar-refractivity contribution is -0.123. The fraction of sp³-hybridized carbons (Fsp3) is 0.929. The Balaban J connectivity index is 2.22. The van der Waals surface area contributed by atoms with Crippen molar-refractivity contribution in [2.45, 2.75) is 71.4 Å². The summed E-state index contributed by atoms with van der Waals surface area (Å²) in [6.45, 7) is 7.12. The Hall–Kier alpha value is -0.570. The first-order valence-electron chi connectivity index (χ1n) is 7.19. The molecule has 1 unspecified atom stereocenters. The van der Waals surface area contributed by atoms with Crippen LogP contribution in [0.1, 0.15) is 59.3 Å². The fourth-order valence-corrected chi connectivity index (χ4v) is 2.60. The van der Waals surface area contributed by atoms with Crippen molar-refractivity contribution in [2.75, 3.05) is 6.54 Å². The van der Waals surface area contributed by atoms with Crippen molar-refractivity contribution in [3.63, 3.8) is 0 Å². The summed E-state index contributed by atoms with van der Waals surface area (Å²) >= 11 is 0. The Labute approximate surface area is 106 Å². The summed E-state index contributed by atoms with van der Waals surface area (Å²) in [6, 6.07) is 0.395. The quantitative estimate of drug-likeness (QED) is 0.671. The van der Waals surface area contributed by atoms with Gasteiger partial charge in [0.2, 0.25) is 5.91 Å². The van der Waals surface area contributed by atoms with Gasteiger partial charge in [-0.3, -0.25) is 4.79 Å². The fourth-order valence-electron chi connectivity index (χ4n) is 2.60. The molecule has 0 aromatic rings. The van der Waals surface area contributed by atoms with Gasteiger partial charge in [0, 0.05) is 12.6 Å². The maximum atomic E-state index is 11.8. The van der Waals surface area contributed by atoms with Crippen molar-refractivity contribution in [1.82, 2.24) is 10.6 Å². The van der Waals surface area contributed by atoms with Crippen LogP contribution in [-0.2, 0) is 4.79 Å². The lowest BCUT2D eigenvalue weighted by atomic mass is 9.99. The summed E-state index contributed by atoms with van der Waals surface area (Å²) in [4.78, 5) is 11.8. The van der Waals surface area contributed by atoms with Gasteiger partial charge >= 0.3 is 0 Å². The molecule has 17 heavy (non-hydrogen) atoms. The van der Waals surface area contributed by atoms with Gasteiger partial charge in [0.25, 0.3) is 0 Å². The van der Waals surface area contributed by atoms with Gasteiger partial charge in [-0.25, -0.2) is 0 Å². The monoisotopic (exact) mass is 240 g/mol. The van der Waals surface area contributed by atoms with E-state index in [2.05, 4.69) is 24.5 Å². The molecule has 0 radical (unpaired) electrons. The summed E-state index contributed by atoms with van der Waals surface area (Å²) in [5.41, 5.74) is 0. The number of rotatable bonds is 7. The highest BCUT2D eigenvalue weighted by molar-refractivity contribution is 5.81. The van der Waals surface area contributed by atoms with Gasteiger partial charge in [0.05, 0.1) is 6.04 Å². The van der Waals surface area contributed by atoms with E-state index in [0.29, 0.717) is 6.04 Å². The molecule has 0 saturated heterocycles. The third-order valence-corrected chi connectivity index (χ3v) is 3.84. The highest BCUT2D eigenvalue weighted by atomic mass is 16.2. The minimum absolute atomic E-state index is 0.0672. The molecule has 2 atom stereocenters. The molecule has 3 nitrogen and oxygen atoms in total. The third kappa shape index (κ3) is 5.07. The van der Waals surface area contributed by atoms with Gasteiger partial charge in [0.15, 0.2) is 0 Å². The molecule has 1 saturated carbocycles. The van der Waals surface area contributed by atoms with E-state index >= 15 is 0 Å². The maximum Gasteiger partial charge on any atom is 0.236 e. The molecule has 0 heterocycles. The first kappa shape index (κ1) is 14.5. The van der Waals surface area contributed by atoms with Crippen LogP contribution in [0.25, 0.3) is 0 Å². The van der Waals surface area contributed by atoms with E-state index in [0.717, 1.165) is 25.3 Å². The van der Waals surface area contributed by atoms with Crippen molar-refractivity contribution < 1.29 is 4.79 Å². The highest BCUT2D eigenvalue weighted by Crippen LogP contribution is 2.27. The second-order valence-electron chi connectivity index (χ2n) is 5.37. The molecule has 0 aromatic heterocycles. The Morgan fingerprint density at radius 3 is 2.53 bits per heavy atom. The van der Waals surface area contributed by atoms with Crippen LogP contribution >= 0.6 is 0 Å². The lowest BCUT2D eigenvalue weighted by Gasteiger charge is -2.24. The standard InChI is InChI=1S/C14H28N2O/c1-4-5-10-15-14(17)12(3)16-11(2)13-8-6-7-9-13/h11-13,16H,4-10H2,1-3H3,(H,15,17)/t11-,12?/m0/s1. The third-order valence-electron chi connectivity index (χ3n) is 3.84. The molecule has 0 bridgehead atoms. The Morgan fingerprint density at radius 1 is 1.29 bits per heavy atom. The summed E-state index contributed by atoms with van der Waals surface area (Å²) in [7, 11) is 0. The van der Waals surface area contributed by atoms with Crippen LogP contribution in [0.5, 0.6) is 0 Å². The summed E-state index contributed by atoms with van der Waals surface area (Å²) < 4.78 is 0. The van der Waals surface area contributed by atoms with Crippen molar-refractivity contribution in [3.8, 4) is 0 Å². The molecule has 0 aliphatic heterocycles. The average molecular weight is 240 g/mol. The van der Waals surface area contributed by atoms with Crippen molar-refractivity contribution in [3.05, 3.63) is 0 Å². The van der Waals surface area contributed by atoms with Crippen LogP contribution in [-0.4, -0.2) is 24.5 Å². The van der Waals surface area contributed by atoms with Gasteiger partial charge in [-0.15, -0.1) is 0 Å². The van der Waals surface area contributed by atoms with Crippen LogP contribution in [0.4, 0.5) is 0 Å². The van der Waals surface area contributed by atoms with Crippen molar-refractivity contribution in [1.29, 1.82) is 0 Å². The first-order valence-corrected chi connectivity index (χ1v) is 7.19. The zero-order valence-corrected chi connectivity index (χ0v) is 11.6. The van der Waals surface area contributed by atoms with Crippen molar-refractivity contribution >= 4 is 5.91 Å². The number of amides is 1. The predicted molar refractivity (Wildman–Crippen MR) is 71.9 cm³/mol. The second-order valence-corrected chi connectivity index (χ2v) is 5.37. The van der Waals surface area contributed by atoms with Crippen LogP contribution in [0, 0.1) is 5.92 Å². The van der Waals surface area contributed by atoms with E-state index in [4.69, 9.17) is 0 Å². The minimum atomic E-state index is -0.0672. The summed E-state index contributed by atoms with van der Waals surface area (Å²) in [5, 5.41) is 6.41. The summed E-state index contributed by atoms with van der Waals surface area (Å²) in [6.07, 6.45) is 7.54. The second kappa shape index (κ2) is 7.70. The summed E-state index contributed by atoms with van der Waals surface area (Å²) in [5.74, 6) is 0.907. The Kier molecular flexibility index (Phi) is 6.56. The van der Waals surface area contributed by atoms with Gasteiger partial charge in [-0.2, -0.15) is 0 Å². The zero-order chi connectivity index (χ0) is 12.7. The number of unbranched alkanes of at least 4 members (excludes halogenated alkanes) is 1. The van der Waals surface area contributed by atoms with E-state index in [9.17, 15) is 4.79 Å². The Morgan fingerprint density at radius 2 is 1.94 bits per heavy atom. The number of hydrogen-bond acceptors (Lipinski definition) is 2. The molecule has 1 aliphatic carbocycles. The molecule has 0 spiro atoms. The van der Waals surface area contributed by atoms with Gasteiger partial charge in [0.1, 0.15) is 0 Å². The van der Waals surface area contributed by atoms with Crippen LogP contribution in [0.15, 0.2) is 0 Å². The van der Waals surface area contributed by atoms with Crippen LogP contribution in [0.2, 0.25) is 0 Å². The molecule has 100 valence electrons. The molecular formula is C14H28N2O. The number of hydrogen-bond donors (Lipinski definition) is 2. The highest BCUT2D eigenvalue weighted by Gasteiger charge is 2.24. The molecule has 1 amide bonds. The van der Waals surface area contributed by atoms with Crippen LogP contribution < -0.4 is 10.6 Å². The normalized spacial score (nSPS) is 20.2. The SMILES string of the molecule is CCCCNC(=O)C(C)N[C@@H](C)C1CCCC1. The Bertz CT molecular complexity index is 224. The molecule has 0 aromatic carbocycles. The number of carbonyl (C=O) groups is 1. The smallest absolute Gasteiger partial charge is 0.236 e. The van der Waals surface area contributed by atoms with Gasteiger partial charge in [-0.05, 0) is 39.0 Å². The molecule has 1 aliphatic rings.